The Labute approximate surface area is 76.1 Å². The monoisotopic (exact) mass is 190 g/mol. The minimum atomic E-state index is -1.37. The summed E-state index contributed by atoms with van der Waals surface area (Å²) in [5.74, 6) is -2.74. The zero-order valence-electron chi connectivity index (χ0n) is 8.00. The van der Waals surface area contributed by atoms with E-state index >= 15 is 0 Å². The number of halogens is 3. The van der Waals surface area contributed by atoms with E-state index in [2.05, 4.69) is 0 Å². The maximum absolute atomic E-state index is 13.4. The fourth-order valence-corrected chi connectivity index (χ4v) is 1.54. The van der Waals surface area contributed by atoms with Crippen molar-refractivity contribution in [2.24, 2.45) is 5.92 Å². The first-order chi connectivity index (χ1) is 6.00. The highest BCUT2D eigenvalue weighted by atomic mass is 19.2. The predicted octanol–water partition coefficient (Wildman–Crippen LogP) is 3.85. The highest BCUT2D eigenvalue weighted by molar-refractivity contribution is 5.38. The van der Waals surface area contributed by atoms with E-state index in [4.69, 9.17) is 0 Å². The summed E-state index contributed by atoms with van der Waals surface area (Å²) < 4.78 is 39.7. The summed E-state index contributed by atoms with van der Waals surface area (Å²) in [6.45, 7) is 4.56. The molecule has 0 fully saturated rings. The first-order valence-corrected chi connectivity index (χ1v) is 4.37. The first kappa shape index (κ1) is 10.4. The molecule has 74 valence electrons. The molecule has 0 aliphatic heterocycles. The summed E-state index contributed by atoms with van der Waals surface area (Å²) >= 11 is 0. The SMILES string of the molecule is CCC1C(F)=C(F)C(C)=C(C)C1F. The van der Waals surface area contributed by atoms with Gasteiger partial charge in [0.25, 0.3) is 0 Å². The number of alkyl halides is 1. The molecule has 0 saturated heterocycles. The van der Waals surface area contributed by atoms with Crippen LogP contribution < -0.4 is 0 Å². The Kier molecular flexibility index (Phi) is 2.84. The van der Waals surface area contributed by atoms with Crippen LogP contribution in [0.2, 0.25) is 0 Å². The van der Waals surface area contributed by atoms with Crippen molar-refractivity contribution in [2.75, 3.05) is 0 Å². The van der Waals surface area contributed by atoms with E-state index in [0.717, 1.165) is 0 Å². The van der Waals surface area contributed by atoms with Crippen molar-refractivity contribution in [3.8, 4) is 0 Å². The third-order valence-electron chi connectivity index (χ3n) is 2.66. The number of hydrogen-bond donors (Lipinski definition) is 0. The van der Waals surface area contributed by atoms with E-state index in [-0.39, 0.29) is 12.0 Å². The van der Waals surface area contributed by atoms with Gasteiger partial charge in [-0.2, -0.15) is 0 Å². The highest BCUT2D eigenvalue weighted by Gasteiger charge is 2.34. The molecule has 0 N–H and O–H groups in total. The molecule has 2 atom stereocenters. The summed E-state index contributed by atoms with van der Waals surface area (Å²) in [5, 5.41) is 0. The minimum absolute atomic E-state index is 0.106. The molecule has 1 aliphatic carbocycles. The zero-order chi connectivity index (χ0) is 10.2. The maximum Gasteiger partial charge on any atom is 0.157 e. The van der Waals surface area contributed by atoms with Crippen LogP contribution in [0.1, 0.15) is 27.2 Å². The third kappa shape index (κ3) is 1.52. The summed E-state index contributed by atoms with van der Waals surface area (Å²) in [5.41, 5.74) is 0.417. The van der Waals surface area contributed by atoms with Crippen molar-refractivity contribution in [3.63, 3.8) is 0 Å². The van der Waals surface area contributed by atoms with Gasteiger partial charge in [-0.15, -0.1) is 0 Å². The van der Waals surface area contributed by atoms with Crippen molar-refractivity contribution in [1.29, 1.82) is 0 Å². The quantitative estimate of drug-likeness (QED) is 0.589. The predicted molar refractivity (Wildman–Crippen MR) is 46.3 cm³/mol. The molecular formula is C10H13F3. The van der Waals surface area contributed by atoms with Gasteiger partial charge in [-0.1, -0.05) is 6.92 Å². The van der Waals surface area contributed by atoms with Crippen LogP contribution in [0.3, 0.4) is 0 Å². The second-order valence-electron chi connectivity index (χ2n) is 3.39. The molecule has 0 spiro atoms. The van der Waals surface area contributed by atoms with E-state index in [1.165, 1.54) is 13.8 Å². The molecule has 0 radical (unpaired) electrons. The molecular weight excluding hydrogens is 177 g/mol. The molecule has 0 amide bonds. The van der Waals surface area contributed by atoms with Gasteiger partial charge in [0, 0.05) is 5.92 Å². The van der Waals surface area contributed by atoms with Crippen LogP contribution in [0.15, 0.2) is 22.8 Å². The van der Waals surface area contributed by atoms with E-state index in [1.54, 1.807) is 6.92 Å². The number of allylic oxidation sites excluding steroid dienone is 4. The van der Waals surface area contributed by atoms with Gasteiger partial charge in [-0.25, -0.2) is 13.2 Å². The lowest BCUT2D eigenvalue weighted by Gasteiger charge is -2.25. The van der Waals surface area contributed by atoms with Crippen LogP contribution in [0.4, 0.5) is 13.2 Å². The smallest absolute Gasteiger partial charge is 0.157 e. The Balaban J connectivity index is 3.15. The maximum atomic E-state index is 13.4. The highest BCUT2D eigenvalue weighted by Crippen LogP contribution is 2.39. The molecule has 3 heteroatoms. The fraction of sp³-hybridized carbons (Fsp3) is 0.600. The van der Waals surface area contributed by atoms with Gasteiger partial charge in [0.15, 0.2) is 5.83 Å². The van der Waals surface area contributed by atoms with Gasteiger partial charge in [0.05, 0.1) is 0 Å². The van der Waals surface area contributed by atoms with Gasteiger partial charge in [-0.3, -0.25) is 0 Å². The average Bonchev–Trinajstić information content (AvgIpc) is 2.13. The standard InChI is InChI=1S/C10H13F3/c1-4-7-8(11)5(2)6(3)9(12)10(7)13/h7-8H,4H2,1-3H3. The summed E-state index contributed by atoms with van der Waals surface area (Å²) in [4.78, 5) is 0. The molecule has 0 aromatic heterocycles. The zero-order valence-corrected chi connectivity index (χ0v) is 8.00. The van der Waals surface area contributed by atoms with Crippen molar-refractivity contribution in [1.82, 2.24) is 0 Å². The van der Waals surface area contributed by atoms with Crippen LogP contribution in [0, 0.1) is 5.92 Å². The van der Waals surface area contributed by atoms with Gasteiger partial charge in [0.1, 0.15) is 12.0 Å². The third-order valence-corrected chi connectivity index (χ3v) is 2.66. The Morgan fingerprint density at radius 2 is 1.77 bits per heavy atom. The largest absolute Gasteiger partial charge is 0.242 e. The van der Waals surface area contributed by atoms with Gasteiger partial charge >= 0.3 is 0 Å². The van der Waals surface area contributed by atoms with E-state index in [1.807, 2.05) is 0 Å². The Morgan fingerprint density at radius 3 is 2.23 bits per heavy atom. The van der Waals surface area contributed by atoms with Crippen LogP contribution in [0.5, 0.6) is 0 Å². The van der Waals surface area contributed by atoms with Gasteiger partial charge in [-0.05, 0) is 31.4 Å². The molecule has 0 aromatic rings. The molecule has 13 heavy (non-hydrogen) atoms. The van der Waals surface area contributed by atoms with Crippen LogP contribution in [0.25, 0.3) is 0 Å². The minimum Gasteiger partial charge on any atom is -0.242 e. The van der Waals surface area contributed by atoms with Crippen LogP contribution in [-0.4, -0.2) is 6.17 Å². The van der Waals surface area contributed by atoms with Gasteiger partial charge in [0.2, 0.25) is 0 Å². The topological polar surface area (TPSA) is 0 Å². The Hall–Kier alpha value is -0.730. The van der Waals surface area contributed by atoms with Crippen LogP contribution in [-0.2, 0) is 0 Å². The van der Waals surface area contributed by atoms with Crippen molar-refractivity contribution in [3.05, 3.63) is 22.8 Å². The lowest BCUT2D eigenvalue weighted by atomic mass is 9.86. The number of hydrogen-bond acceptors (Lipinski definition) is 0. The molecule has 1 rings (SSSR count). The number of rotatable bonds is 1. The molecule has 0 aromatic carbocycles. The molecule has 0 bridgehead atoms. The van der Waals surface area contributed by atoms with E-state index in [0.29, 0.717) is 5.57 Å². The molecule has 0 nitrogen and oxygen atoms in total. The molecule has 0 heterocycles. The fourth-order valence-electron chi connectivity index (χ4n) is 1.54. The van der Waals surface area contributed by atoms with Gasteiger partial charge < -0.3 is 0 Å². The second kappa shape index (κ2) is 3.56. The van der Waals surface area contributed by atoms with Crippen molar-refractivity contribution >= 4 is 0 Å². The van der Waals surface area contributed by atoms with Crippen molar-refractivity contribution in [2.45, 2.75) is 33.4 Å². The normalized spacial score (nSPS) is 30.0. The van der Waals surface area contributed by atoms with Crippen LogP contribution >= 0.6 is 0 Å². The Bertz CT molecular complexity index is 276. The Morgan fingerprint density at radius 1 is 1.23 bits per heavy atom. The first-order valence-electron chi connectivity index (χ1n) is 4.37. The van der Waals surface area contributed by atoms with E-state index < -0.39 is 23.7 Å². The summed E-state index contributed by atoms with van der Waals surface area (Å²) in [7, 11) is 0. The second-order valence-corrected chi connectivity index (χ2v) is 3.39. The summed E-state index contributed by atoms with van der Waals surface area (Å²) in [6, 6.07) is 0. The summed E-state index contributed by atoms with van der Waals surface area (Å²) in [6.07, 6.45) is -1.09. The molecule has 2 unspecified atom stereocenters. The van der Waals surface area contributed by atoms with E-state index in [9.17, 15) is 13.2 Å². The average molecular weight is 190 g/mol. The molecule has 1 aliphatic rings. The molecule has 0 saturated carbocycles. The van der Waals surface area contributed by atoms with Crippen molar-refractivity contribution < 1.29 is 13.2 Å². The lowest BCUT2D eigenvalue weighted by molar-refractivity contribution is 0.243. The lowest BCUT2D eigenvalue weighted by Crippen LogP contribution is -2.23.